The molecule has 0 atom stereocenters. The first-order valence-electron chi connectivity index (χ1n) is 14.3. The molecule has 45 heavy (non-hydrogen) atoms. The lowest BCUT2D eigenvalue weighted by Crippen LogP contribution is -2.22. The normalized spacial score (nSPS) is 14.4. The predicted octanol–water partition coefficient (Wildman–Crippen LogP) is 6.68. The van der Waals surface area contributed by atoms with Crippen molar-refractivity contribution in [3.63, 3.8) is 0 Å². The van der Waals surface area contributed by atoms with Gasteiger partial charge in [0.25, 0.3) is 5.91 Å². The van der Waals surface area contributed by atoms with Crippen LogP contribution in [-0.4, -0.2) is 54.0 Å². The number of rotatable bonds is 9. The number of thioether (sulfide) groups is 1. The van der Waals surface area contributed by atoms with E-state index in [1.54, 1.807) is 34.6 Å². The first-order valence-corrected chi connectivity index (χ1v) is 16.7. The molecule has 0 bridgehead atoms. The van der Waals surface area contributed by atoms with Crippen LogP contribution < -0.4 is 5.01 Å². The van der Waals surface area contributed by atoms with Gasteiger partial charge in [0.1, 0.15) is 5.69 Å². The van der Waals surface area contributed by atoms with Gasteiger partial charge < -0.3 is 0 Å². The largest absolute Gasteiger partial charge is 0.280 e. The van der Waals surface area contributed by atoms with Crippen LogP contribution in [0, 0.1) is 6.92 Å². The van der Waals surface area contributed by atoms with Crippen molar-refractivity contribution in [2.24, 2.45) is 5.10 Å². The number of hydrogen-bond donors (Lipinski definition) is 0. The number of aryl methyl sites for hydroxylation is 1. The molecule has 0 fully saturated rings. The zero-order chi connectivity index (χ0) is 31.6. The Morgan fingerprint density at radius 1 is 0.844 bits per heavy atom. The Labute approximate surface area is 267 Å². The standard InChI is InChI=1S/C35H31N5O3S2/c1-25-17-19-30(20-18-25)44-24-33-32(35(41)40(36-33)29-14-8-5-9-15-29)22-27-23-39(28-12-6-4-7-13-28)37-34(27)26-11-10-16-31(21-26)45(42,43)38(2)3/h4-23H,24H2,1-3H3. The molecule has 0 aliphatic carbocycles. The van der Waals surface area contributed by atoms with Crippen LogP contribution in [0.2, 0.25) is 0 Å². The second kappa shape index (κ2) is 12.7. The minimum atomic E-state index is -3.68. The number of anilines is 1. The first-order chi connectivity index (χ1) is 21.7. The molecule has 0 unspecified atom stereocenters. The minimum Gasteiger partial charge on any atom is -0.267 e. The highest BCUT2D eigenvalue weighted by Gasteiger charge is 2.32. The predicted molar refractivity (Wildman–Crippen MR) is 181 cm³/mol. The fourth-order valence-corrected chi connectivity index (χ4v) is 6.63. The summed E-state index contributed by atoms with van der Waals surface area (Å²) in [4.78, 5) is 15.2. The van der Waals surface area contributed by atoms with Gasteiger partial charge in [0.05, 0.1) is 27.6 Å². The molecule has 2 heterocycles. The Balaban J connectivity index is 1.47. The van der Waals surface area contributed by atoms with Crippen molar-refractivity contribution >= 4 is 45.2 Å². The molecule has 0 radical (unpaired) electrons. The summed E-state index contributed by atoms with van der Waals surface area (Å²) in [7, 11) is -0.676. The van der Waals surface area contributed by atoms with Crippen LogP contribution in [0.5, 0.6) is 0 Å². The fraction of sp³-hybridized carbons (Fsp3) is 0.114. The third kappa shape index (κ3) is 6.39. The van der Waals surface area contributed by atoms with E-state index in [1.165, 1.54) is 29.0 Å². The smallest absolute Gasteiger partial charge is 0.267 e. The van der Waals surface area contributed by atoms with Crippen molar-refractivity contribution in [1.82, 2.24) is 14.1 Å². The van der Waals surface area contributed by atoms with Crippen LogP contribution in [0.15, 0.2) is 136 Å². The van der Waals surface area contributed by atoms with E-state index in [-0.39, 0.29) is 10.8 Å². The summed E-state index contributed by atoms with van der Waals surface area (Å²) >= 11 is 1.61. The van der Waals surface area contributed by atoms with Gasteiger partial charge >= 0.3 is 0 Å². The molecule has 1 aromatic heterocycles. The molecule has 1 aliphatic rings. The lowest BCUT2D eigenvalue weighted by atomic mass is 10.0. The maximum absolute atomic E-state index is 14.0. The van der Waals surface area contributed by atoms with Crippen molar-refractivity contribution in [2.45, 2.75) is 16.7 Å². The highest BCUT2D eigenvalue weighted by molar-refractivity contribution is 8.00. The summed E-state index contributed by atoms with van der Waals surface area (Å²) < 4.78 is 28.9. The summed E-state index contributed by atoms with van der Waals surface area (Å²) in [5.74, 6) is 0.228. The molecule has 4 aromatic carbocycles. The highest BCUT2D eigenvalue weighted by Crippen LogP contribution is 2.32. The monoisotopic (exact) mass is 633 g/mol. The lowest BCUT2D eigenvalue weighted by Gasteiger charge is -2.12. The van der Waals surface area contributed by atoms with Crippen LogP contribution in [0.3, 0.4) is 0 Å². The molecule has 6 rings (SSSR count). The van der Waals surface area contributed by atoms with Gasteiger partial charge in [-0.2, -0.15) is 15.2 Å². The Hall–Kier alpha value is -4.77. The van der Waals surface area contributed by atoms with Gasteiger partial charge in [-0.15, -0.1) is 11.8 Å². The quantitative estimate of drug-likeness (QED) is 0.134. The molecule has 0 spiro atoms. The van der Waals surface area contributed by atoms with Crippen LogP contribution in [0.4, 0.5) is 5.69 Å². The fourth-order valence-electron chi connectivity index (χ4n) is 4.84. The van der Waals surface area contributed by atoms with Gasteiger partial charge in [-0.25, -0.2) is 17.4 Å². The zero-order valence-electron chi connectivity index (χ0n) is 25.0. The number of aromatic nitrogens is 2. The molecule has 1 aliphatic heterocycles. The van der Waals surface area contributed by atoms with Crippen molar-refractivity contribution in [2.75, 3.05) is 24.9 Å². The van der Waals surface area contributed by atoms with E-state index in [9.17, 15) is 13.2 Å². The van der Waals surface area contributed by atoms with E-state index in [0.29, 0.717) is 39.5 Å². The molecule has 5 aromatic rings. The van der Waals surface area contributed by atoms with Crippen LogP contribution in [-0.2, 0) is 14.8 Å². The van der Waals surface area contributed by atoms with Gasteiger partial charge in [0.2, 0.25) is 10.0 Å². The summed E-state index contributed by atoms with van der Waals surface area (Å²) in [6, 6.07) is 33.9. The maximum Gasteiger partial charge on any atom is 0.280 e. The van der Waals surface area contributed by atoms with E-state index in [0.717, 1.165) is 10.6 Å². The molecule has 226 valence electrons. The third-order valence-electron chi connectivity index (χ3n) is 7.30. The summed E-state index contributed by atoms with van der Waals surface area (Å²) in [5.41, 5.74) is 5.56. The first kappa shape index (κ1) is 30.3. The number of carbonyl (C=O) groups is 1. The second-order valence-corrected chi connectivity index (χ2v) is 13.9. The average molecular weight is 634 g/mol. The number of sulfonamides is 1. The van der Waals surface area contributed by atoms with Crippen molar-refractivity contribution in [3.8, 4) is 16.9 Å². The van der Waals surface area contributed by atoms with E-state index in [2.05, 4.69) is 24.3 Å². The topological polar surface area (TPSA) is 87.9 Å². The Bertz CT molecular complexity index is 2020. The third-order valence-corrected chi connectivity index (χ3v) is 10.1. The lowest BCUT2D eigenvalue weighted by molar-refractivity contribution is -0.114. The van der Waals surface area contributed by atoms with Gasteiger partial charge in [-0.1, -0.05) is 66.2 Å². The number of para-hydroxylation sites is 2. The molecule has 0 saturated heterocycles. The van der Waals surface area contributed by atoms with Gasteiger partial charge in [-0.3, -0.25) is 4.79 Å². The summed E-state index contributed by atoms with van der Waals surface area (Å²) in [5, 5.41) is 11.1. The Kier molecular flexibility index (Phi) is 8.53. The number of hydrogen-bond acceptors (Lipinski definition) is 6. The van der Waals surface area contributed by atoms with Gasteiger partial charge in [0.15, 0.2) is 0 Å². The molecule has 1 amide bonds. The second-order valence-electron chi connectivity index (χ2n) is 10.7. The van der Waals surface area contributed by atoms with Crippen molar-refractivity contribution in [1.29, 1.82) is 0 Å². The highest BCUT2D eigenvalue weighted by atomic mass is 32.2. The van der Waals surface area contributed by atoms with Crippen LogP contribution in [0.1, 0.15) is 11.1 Å². The van der Waals surface area contributed by atoms with Gasteiger partial charge in [0, 0.05) is 42.1 Å². The number of hydrazone groups is 1. The summed E-state index contributed by atoms with van der Waals surface area (Å²) in [6.07, 6.45) is 3.67. The Morgan fingerprint density at radius 3 is 2.18 bits per heavy atom. The van der Waals surface area contributed by atoms with E-state index >= 15 is 0 Å². The number of amides is 1. The zero-order valence-corrected chi connectivity index (χ0v) is 26.7. The van der Waals surface area contributed by atoms with Crippen molar-refractivity contribution in [3.05, 3.63) is 132 Å². The van der Waals surface area contributed by atoms with Crippen molar-refractivity contribution < 1.29 is 13.2 Å². The van der Waals surface area contributed by atoms with E-state index in [4.69, 9.17) is 10.2 Å². The Morgan fingerprint density at radius 2 is 1.51 bits per heavy atom. The molecular weight excluding hydrogens is 603 g/mol. The van der Waals surface area contributed by atoms with Crippen LogP contribution in [0.25, 0.3) is 23.0 Å². The summed E-state index contributed by atoms with van der Waals surface area (Å²) in [6.45, 7) is 2.05. The van der Waals surface area contributed by atoms with Crippen LogP contribution >= 0.6 is 11.8 Å². The molecule has 8 nitrogen and oxygen atoms in total. The molecule has 10 heteroatoms. The van der Waals surface area contributed by atoms with Gasteiger partial charge in [-0.05, 0) is 61.5 Å². The molecular formula is C35H31N5O3S2. The molecule has 0 N–H and O–H groups in total. The molecule has 0 saturated carbocycles. The number of nitrogens with zero attached hydrogens (tertiary/aromatic N) is 5. The van der Waals surface area contributed by atoms with E-state index in [1.807, 2.05) is 85.9 Å². The SMILES string of the molecule is Cc1ccc(SCC2=NN(c3ccccc3)C(=O)C2=Cc2cn(-c3ccccc3)nc2-c2cccc(S(=O)(=O)N(C)C)c2)cc1. The number of carbonyl (C=O) groups excluding carboxylic acids is 1. The number of benzene rings is 4. The minimum absolute atomic E-state index is 0.154. The maximum atomic E-state index is 14.0. The van der Waals surface area contributed by atoms with E-state index < -0.39 is 10.0 Å². The average Bonchev–Trinajstić information content (AvgIpc) is 3.62.